The number of benzene rings is 1. The Morgan fingerprint density at radius 2 is 2.00 bits per heavy atom. The van der Waals surface area contributed by atoms with Crippen LogP contribution in [0.25, 0.3) is 0 Å². The van der Waals surface area contributed by atoms with Crippen LogP contribution in [0.1, 0.15) is 44.2 Å². The van der Waals surface area contributed by atoms with Gasteiger partial charge in [0.2, 0.25) is 0 Å². The highest BCUT2D eigenvalue weighted by Crippen LogP contribution is 2.23. The first-order valence-electron chi connectivity index (χ1n) is 6.34. The minimum absolute atomic E-state index is 0.0884. The molecule has 94 valence electrons. The van der Waals surface area contributed by atoms with Crippen LogP contribution in [0.2, 0.25) is 5.02 Å². The van der Waals surface area contributed by atoms with Crippen LogP contribution in [0, 0.1) is 0 Å². The van der Waals surface area contributed by atoms with E-state index in [1.165, 1.54) is 5.56 Å². The Bertz CT molecular complexity index is 361. The van der Waals surface area contributed by atoms with Crippen LogP contribution in [0.15, 0.2) is 24.3 Å². The van der Waals surface area contributed by atoms with Crippen molar-refractivity contribution in [3.8, 4) is 0 Å². The normalized spacial score (nSPS) is 26.8. The maximum absolute atomic E-state index is 9.47. The van der Waals surface area contributed by atoms with Crippen LogP contribution < -0.4 is 5.32 Å². The Hall–Kier alpha value is -0.570. The van der Waals surface area contributed by atoms with Crippen LogP contribution >= 0.6 is 11.6 Å². The number of aliphatic hydroxyl groups excluding tert-OH is 1. The van der Waals surface area contributed by atoms with Crippen LogP contribution in [0.3, 0.4) is 0 Å². The fraction of sp³-hybridized carbons (Fsp3) is 0.571. The van der Waals surface area contributed by atoms with E-state index in [9.17, 15) is 5.11 Å². The van der Waals surface area contributed by atoms with Crippen LogP contribution in [0.5, 0.6) is 0 Å². The van der Waals surface area contributed by atoms with E-state index >= 15 is 0 Å². The first-order valence-corrected chi connectivity index (χ1v) is 6.72. The van der Waals surface area contributed by atoms with Gasteiger partial charge in [0, 0.05) is 17.1 Å². The SMILES string of the molecule is C[C@@H](NC1CCC(O)CC1)c1cccc(Cl)c1. The Balaban J connectivity index is 1.90. The smallest absolute Gasteiger partial charge is 0.0541 e. The number of hydrogen-bond donors (Lipinski definition) is 2. The minimum Gasteiger partial charge on any atom is -0.393 e. The molecule has 3 heteroatoms. The molecule has 2 nitrogen and oxygen atoms in total. The molecule has 1 aliphatic rings. The maximum atomic E-state index is 9.47. The first-order chi connectivity index (χ1) is 8.15. The number of aliphatic hydroxyl groups is 1. The fourth-order valence-corrected chi connectivity index (χ4v) is 2.67. The highest BCUT2D eigenvalue weighted by Gasteiger charge is 2.20. The van der Waals surface area contributed by atoms with Crippen molar-refractivity contribution < 1.29 is 5.11 Å². The van der Waals surface area contributed by atoms with Gasteiger partial charge in [-0.3, -0.25) is 0 Å². The molecule has 1 aromatic rings. The molecule has 0 amide bonds. The molecule has 0 radical (unpaired) electrons. The molecular formula is C14H20ClNO. The average molecular weight is 254 g/mol. The van der Waals surface area contributed by atoms with Gasteiger partial charge in [-0.2, -0.15) is 0 Å². The quantitative estimate of drug-likeness (QED) is 0.867. The van der Waals surface area contributed by atoms with Crippen molar-refractivity contribution in [3.05, 3.63) is 34.9 Å². The van der Waals surface area contributed by atoms with Crippen LogP contribution in [0.4, 0.5) is 0 Å². The third-order valence-corrected chi connectivity index (χ3v) is 3.77. The molecule has 2 N–H and O–H groups in total. The van der Waals surface area contributed by atoms with Crippen molar-refractivity contribution in [2.45, 2.75) is 50.8 Å². The summed E-state index contributed by atoms with van der Waals surface area (Å²) in [7, 11) is 0. The van der Waals surface area contributed by atoms with Gasteiger partial charge in [0.15, 0.2) is 0 Å². The third kappa shape index (κ3) is 3.70. The molecule has 1 fully saturated rings. The Morgan fingerprint density at radius 1 is 1.29 bits per heavy atom. The fourth-order valence-electron chi connectivity index (χ4n) is 2.47. The lowest BCUT2D eigenvalue weighted by atomic mass is 9.92. The van der Waals surface area contributed by atoms with E-state index < -0.39 is 0 Å². The minimum atomic E-state index is -0.0884. The van der Waals surface area contributed by atoms with Crippen LogP contribution in [-0.4, -0.2) is 17.3 Å². The topological polar surface area (TPSA) is 32.3 Å². The van der Waals surface area contributed by atoms with Crippen molar-refractivity contribution in [1.29, 1.82) is 0 Å². The second-order valence-electron chi connectivity index (χ2n) is 4.95. The second kappa shape index (κ2) is 5.85. The summed E-state index contributed by atoms with van der Waals surface area (Å²) in [6.07, 6.45) is 3.87. The van der Waals surface area contributed by atoms with Gasteiger partial charge < -0.3 is 10.4 Å². The lowest BCUT2D eigenvalue weighted by Crippen LogP contribution is -2.36. The zero-order valence-corrected chi connectivity index (χ0v) is 11.0. The molecule has 0 heterocycles. The second-order valence-corrected chi connectivity index (χ2v) is 5.39. The van der Waals surface area contributed by atoms with Gasteiger partial charge in [-0.05, 0) is 50.3 Å². The van der Waals surface area contributed by atoms with Crippen molar-refractivity contribution >= 4 is 11.6 Å². The molecule has 2 rings (SSSR count). The molecule has 0 aliphatic heterocycles. The van der Waals surface area contributed by atoms with Gasteiger partial charge in [0.25, 0.3) is 0 Å². The van der Waals surface area contributed by atoms with Crippen molar-refractivity contribution in [1.82, 2.24) is 5.32 Å². The lowest BCUT2D eigenvalue weighted by Gasteiger charge is -2.29. The van der Waals surface area contributed by atoms with Gasteiger partial charge in [0.1, 0.15) is 0 Å². The average Bonchev–Trinajstić information content (AvgIpc) is 2.32. The molecule has 0 saturated heterocycles. The largest absolute Gasteiger partial charge is 0.393 e. The van der Waals surface area contributed by atoms with E-state index in [4.69, 9.17) is 11.6 Å². The molecule has 0 aromatic heterocycles. The van der Waals surface area contributed by atoms with E-state index in [-0.39, 0.29) is 6.10 Å². The number of halogens is 1. The van der Waals surface area contributed by atoms with Gasteiger partial charge in [-0.15, -0.1) is 0 Å². The van der Waals surface area contributed by atoms with E-state index in [2.05, 4.69) is 18.3 Å². The third-order valence-electron chi connectivity index (χ3n) is 3.53. The maximum Gasteiger partial charge on any atom is 0.0541 e. The molecule has 1 atom stereocenters. The Kier molecular flexibility index (Phi) is 4.43. The highest BCUT2D eigenvalue weighted by molar-refractivity contribution is 6.30. The standard InChI is InChI=1S/C14H20ClNO/c1-10(11-3-2-4-12(15)9-11)16-13-5-7-14(17)8-6-13/h2-4,9-10,13-14,16-17H,5-8H2,1H3/t10-,13?,14?/m1/s1. The summed E-state index contributed by atoms with van der Waals surface area (Å²) in [6.45, 7) is 2.16. The van der Waals surface area contributed by atoms with Crippen molar-refractivity contribution in [3.63, 3.8) is 0 Å². The molecule has 1 aliphatic carbocycles. The summed E-state index contributed by atoms with van der Waals surface area (Å²) in [5, 5.41) is 13.9. The monoisotopic (exact) mass is 253 g/mol. The summed E-state index contributed by atoms with van der Waals surface area (Å²) in [5.74, 6) is 0. The van der Waals surface area contributed by atoms with E-state index in [0.717, 1.165) is 30.7 Å². The van der Waals surface area contributed by atoms with Crippen molar-refractivity contribution in [2.75, 3.05) is 0 Å². The molecule has 0 unspecified atom stereocenters. The van der Waals surface area contributed by atoms with E-state index in [1.54, 1.807) is 0 Å². The van der Waals surface area contributed by atoms with Crippen molar-refractivity contribution in [2.24, 2.45) is 0 Å². The predicted molar refractivity (Wildman–Crippen MR) is 71.3 cm³/mol. The zero-order valence-electron chi connectivity index (χ0n) is 10.2. The number of nitrogens with one attached hydrogen (secondary N) is 1. The molecular weight excluding hydrogens is 234 g/mol. The summed E-state index contributed by atoms with van der Waals surface area (Å²) in [5.41, 5.74) is 1.23. The van der Waals surface area contributed by atoms with Gasteiger partial charge >= 0.3 is 0 Å². The molecule has 1 saturated carbocycles. The molecule has 0 bridgehead atoms. The van der Waals surface area contributed by atoms with Gasteiger partial charge in [-0.25, -0.2) is 0 Å². The van der Waals surface area contributed by atoms with Crippen LogP contribution in [-0.2, 0) is 0 Å². The molecule has 1 aromatic carbocycles. The number of hydrogen-bond acceptors (Lipinski definition) is 2. The number of rotatable bonds is 3. The summed E-state index contributed by atoms with van der Waals surface area (Å²) in [4.78, 5) is 0. The lowest BCUT2D eigenvalue weighted by molar-refractivity contribution is 0.114. The summed E-state index contributed by atoms with van der Waals surface area (Å²) in [6, 6.07) is 8.83. The highest BCUT2D eigenvalue weighted by atomic mass is 35.5. The molecule has 0 spiro atoms. The molecule has 17 heavy (non-hydrogen) atoms. The van der Waals surface area contributed by atoms with E-state index in [1.807, 2.05) is 18.2 Å². The Morgan fingerprint density at radius 3 is 2.65 bits per heavy atom. The van der Waals surface area contributed by atoms with Gasteiger partial charge in [0.05, 0.1) is 6.10 Å². The zero-order chi connectivity index (χ0) is 12.3. The predicted octanol–water partition coefficient (Wildman–Crippen LogP) is 3.29. The summed E-state index contributed by atoms with van der Waals surface area (Å²) < 4.78 is 0. The van der Waals surface area contributed by atoms with Gasteiger partial charge in [-0.1, -0.05) is 23.7 Å². The first kappa shape index (κ1) is 12.9. The van der Waals surface area contributed by atoms with E-state index in [0.29, 0.717) is 12.1 Å². The Labute approximate surface area is 108 Å². The summed E-state index contributed by atoms with van der Waals surface area (Å²) >= 11 is 5.99.